The smallest absolute Gasteiger partial charge is 0.158 e. The van der Waals surface area contributed by atoms with Crippen molar-refractivity contribution in [2.45, 2.75) is 38.7 Å². The van der Waals surface area contributed by atoms with E-state index in [0.717, 1.165) is 25.9 Å². The van der Waals surface area contributed by atoms with E-state index in [2.05, 4.69) is 0 Å². The fourth-order valence-corrected chi connectivity index (χ4v) is 1.24. The van der Waals surface area contributed by atoms with Crippen LogP contribution < -0.4 is 0 Å². The van der Waals surface area contributed by atoms with E-state index in [-0.39, 0.29) is 11.9 Å². The highest BCUT2D eigenvalue weighted by atomic mass is 16.5. The molecule has 1 saturated heterocycles. The second-order valence-corrected chi connectivity index (χ2v) is 2.82. The van der Waals surface area contributed by atoms with Crippen molar-refractivity contribution in [2.75, 3.05) is 6.61 Å². The van der Waals surface area contributed by atoms with E-state index >= 15 is 0 Å². The molecule has 1 rings (SSSR count). The van der Waals surface area contributed by atoms with E-state index in [4.69, 9.17) is 4.74 Å². The zero-order valence-corrected chi connectivity index (χ0v) is 6.43. The molecule has 0 aromatic carbocycles. The molecule has 0 aromatic heterocycles. The van der Waals surface area contributed by atoms with Crippen LogP contribution in [-0.2, 0) is 9.53 Å². The van der Waals surface area contributed by atoms with Crippen LogP contribution in [0.25, 0.3) is 0 Å². The largest absolute Gasteiger partial charge is 0.370 e. The summed E-state index contributed by atoms with van der Waals surface area (Å²) in [5, 5.41) is 0. The molecule has 0 spiro atoms. The summed E-state index contributed by atoms with van der Waals surface area (Å²) in [6, 6.07) is 0. The maximum absolute atomic E-state index is 10.8. The Labute approximate surface area is 61.6 Å². The fourth-order valence-electron chi connectivity index (χ4n) is 1.24. The van der Waals surface area contributed by atoms with Crippen LogP contribution in [0.2, 0.25) is 0 Å². The van der Waals surface area contributed by atoms with E-state index in [1.54, 1.807) is 6.92 Å². The lowest BCUT2D eigenvalue weighted by atomic mass is 10.1. The van der Waals surface area contributed by atoms with Gasteiger partial charge in [0, 0.05) is 6.61 Å². The summed E-state index contributed by atoms with van der Waals surface area (Å²) in [7, 11) is 0. The van der Waals surface area contributed by atoms with Crippen LogP contribution in [0.15, 0.2) is 0 Å². The average molecular weight is 142 g/mol. The normalized spacial score (nSPS) is 27.5. The second kappa shape index (κ2) is 3.71. The van der Waals surface area contributed by atoms with Gasteiger partial charge >= 0.3 is 0 Å². The molecule has 1 heterocycles. The Kier molecular flexibility index (Phi) is 2.87. The molecule has 1 aliphatic rings. The second-order valence-electron chi connectivity index (χ2n) is 2.82. The van der Waals surface area contributed by atoms with Gasteiger partial charge in [0.25, 0.3) is 0 Å². The lowest BCUT2D eigenvalue weighted by molar-refractivity contribution is -0.128. The monoisotopic (exact) mass is 142 g/mol. The van der Waals surface area contributed by atoms with E-state index in [9.17, 15) is 4.79 Å². The first-order valence-corrected chi connectivity index (χ1v) is 3.93. The Morgan fingerprint density at radius 1 is 1.40 bits per heavy atom. The van der Waals surface area contributed by atoms with Crippen LogP contribution in [0.5, 0.6) is 0 Å². The SMILES string of the molecule is CC(=O)C1CCCCCO1. The van der Waals surface area contributed by atoms with Gasteiger partial charge in [0.05, 0.1) is 0 Å². The summed E-state index contributed by atoms with van der Waals surface area (Å²) in [5.41, 5.74) is 0. The molecule has 1 aliphatic heterocycles. The van der Waals surface area contributed by atoms with Gasteiger partial charge in [0.1, 0.15) is 6.10 Å². The van der Waals surface area contributed by atoms with Gasteiger partial charge in [-0.2, -0.15) is 0 Å². The van der Waals surface area contributed by atoms with Crippen molar-refractivity contribution in [2.24, 2.45) is 0 Å². The van der Waals surface area contributed by atoms with Gasteiger partial charge in [-0.25, -0.2) is 0 Å². The number of ether oxygens (including phenoxy) is 1. The van der Waals surface area contributed by atoms with Crippen LogP contribution in [0.4, 0.5) is 0 Å². The highest BCUT2D eigenvalue weighted by Crippen LogP contribution is 2.13. The first kappa shape index (κ1) is 7.73. The molecule has 2 heteroatoms. The first-order valence-electron chi connectivity index (χ1n) is 3.93. The Hall–Kier alpha value is -0.370. The molecule has 1 atom stereocenters. The summed E-state index contributed by atoms with van der Waals surface area (Å²) in [5.74, 6) is 0.182. The molecule has 0 N–H and O–H groups in total. The van der Waals surface area contributed by atoms with Crippen molar-refractivity contribution in [3.05, 3.63) is 0 Å². The maximum atomic E-state index is 10.8. The van der Waals surface area contributed by atoms with Crippen molar-refractivity contribution in [1.29, 1.82) is 0 Å². The minimum Gasteiger partial charge on any atom is -0.370 e. The molecule has 0 bridgehead atoms. The highest BCUT2D eigenvalue weighted by Gasteiger charge is 2.15. The summed E-state index contributed by atoms with van der Waals surface area (Å²) in [4.78, 5) is 10.8. The van der Waals surface area contributed by atoms with Gasteiger partial charge < -0.3 is 4.74 Å². The Balaban J connectivity index is 2.35. The van der Waals surface area contributed by atoms with Crippen molar-refractivity contribution in [3.63, 3.8) is 0 Å². The lowest BCUT2D eigenvalue weighted by Crippen LogP contribution is -2.20. The van der Waals surface area contributed by atoms with E-state index < -0.39 is 0 Å². The molecular formula is C8H14O2. The summed E-state index contributed by atoms with van der Waals surface area (Å²) >= 11 is 0. The van der Waals surface area contributed by atoms with Gasteiger partial charge in [-0.1, -0.05) is 12.8 Å². The summed E-state index contributed by atoms with van der Waals surface area (Å²) in [6.45, 7) is 2.38. The lowest BCUT2D eigenvalue weighted by Gasteiger charge is -2.09. The Bertz CT molecular complexity index is 112. The fraction of sp³-hybridized carbons (Fsp3) is 0.875. The van der Waals surface area contributed by atoms with Gasteiger partial charge in [-0.3, -0.25) is 4.79 Å². The molecule has 0 radical (unpaired) electrons. The molecule has 0 saturated carbocycles. The molecule has 0 amide bonds. The van der Waals surface area contributed by atoms with Crippen molar-refractivity contribution in [3.8, 4) is 0 Å². The third kappa shape index (κ3) is 2.10. The molecule has 0 aromatic rings. The molecule has 2 nitrogen and oxygen atoms in total. The number of rotatable bonds is 1. The van der Waals surface area contributed by atoms with Gasteiger partial charge in [-0.05, 0) is 19.8 Å². The molecule has 0 aliphatic carbocycles. The standard InChI is InChI=1S/C8H14O2/c1-7(9)8-5-3-2-4-6-10-8/h8H,2-6H2,1H3. The van der Waals surface area contributed by atoms with Crippen LogP contribution in [0.3, 0.4) is 0 Å². The average Bonchev–Trinajstić information content (AvgIpc) is 2.12. The molecule has 1 unspecified atom stereocenters. The number of carbonyl (C=O) groups is 1. The highest BCUT2D eigenvalue weighted by molar-refractivity contribution is 5.80. The zero-order chi connectivity index (χ0) is 7.40. The quantitative estimate of drug-likeness (QED) is 0.555. The minimum atomic E-state index is -0.0949. The maximum Gasteiger partial charge on any atom is 0.158 e. The van der Waals surface area contributed by atoms with Crippen LogP contribution >= 0.6 is 0 Å². The summed E-state index contributed by atoms with van der Waals surface area (Å²) in [6.07, 6.45) is 4.30. The topological polar surface area (TPSA) is 26.3 Å². The number of ketones is 1. The summed E-state index contributed by atoms with van der Waals surface area (Å²) < 4.78 is 5.31. The van der Waals surface area contributed by atoms with Gasteiger partial charge in [0.15, 0.2) is 5.78 Å². The third-order valence-corrected chi connectivity index (χ3v) is 1.88. The zero-order valence-electron chi connectivity index (χ0n) is 6.43. The molecule has 10 heavy (non-hydrogen) atoms. The molecule has 1 fully saturated rings. The number of hydrogen-bond donors (Lipinski definition) is 0. The third-order valence-electron chi connectivity index (χ3n) is 1.88. The van der Waals surface area contributed by atoms with Crippen molar-refractivity contribution >= 4 is 5.78 Å². The number of Topliss-reactive ketones (excluding diaryl/α,β-unsaturated/α-hetero) is 1. The van der Waals surface area contributed by atoms with Crippen LogP contribution in [-0.4, -0.2) is 18.5 Å². The predicted octanol–water partition coefficient (Wildman–Crippen LogP) is 1.53. The number of hydrogen-bond acceptors (Lipinski definition) is 2. The minimum absolute atomic E-state index is 0.0949. The van der Waals surface area contributed by atoms with E-state index in [0.29, 0.717) is 0 Å². The molecular weight excluding hydrogens is 128 g/mol. The van der Waals surface area contributed by atoms with Gasteiger partial charge in [0.2, 0.25) is 0 Å². The van der Waals surface area contributed by atoms with E-state index in [1.165, 1.54) is 6.42 Å². The van der Waals surface area contributed by atoms with Crippen molar-refractivity contribution < 1.29 is 9.53 Å². The Morgan fingerprint density at radius 3 is 2.90 bits per heavy atom. The Morgan fingerprint density at radius 2 is 2.20 bits per heavy atom. The van der Waals surface area contributed by atoms with Gasteiger partial charge in [-0.15, -0.1) is 0 Å². The van der Waals surface area contributed by atoms with E-state index in [1.807, 2.05) is 0 Å². The predicted molar refractivity (Wildman–Crippen MR) is 38.9 cm³/mol. The molecule has 58 valence electrons. The van der Waals surface area contributed by atoms with Crippen LogP contribution in [0, 0.1) is 0 Å². The van der Waals surface area contributed by atoms with Crippen molar-refractivity contribution in [1.82, 2.24) is 0 Å². The van der Waals surface area contributed by atoms with Crippen LogP contribution in [0.1, 0.15) is 32.6 Å². The first-order chi connectivity index (χ1) is 4.80. The number of carbonyl (C=O) groups excluding carboxylic acids is 1.